The second-order valence-corrected chi connectivity index (χ2v) is 14.7. The SMILES string of the molecule is CC(C)(C)OC(=O)N1CCC[C@H]1C(=O)Nc1ccccc1N[C@H]1C[C@H]2CCC[C@@H](C1)N2[C@@H]1C[C@@H]2CCCC[C@@H](C2)C1. The van der Waals surface area contributed by atoms with Gasteiger partial charge in [0.05, 0.1) is 11.4 Å². The van der Waals surface area contributed by atoms with Gasteiger partial charge in [-0.05, 0) is 103 Å². The van der Waals surface area contributed by atoms with Gasteiger partial charge in [-0.1, -0.05) is 44.2 Å². The first-order chi connectivity index (χ1) is 19.7. The number of nitrogens with one attached hydrogen (secondary N) is 2. The smallest absolute Gasteiger partial charge is 0.410 e. The van der Waals surface area contributed by atoms with Crippen LogP contribution in [-0.2, 0) is 9.53 Å². The molecule has 2 amide bonds. The zero-order valence-electron chi connectivity index (χ0n) is 25.6. The number of piperidine rings is 2. The molecule has 0 spiro atoms. The van der Waals surface area contributed by atoms with E-state index in [9.17, 15) is 9.59 Å². The van der Waals surface area contributed by atoms with Crippen molar-refractivity contribution in [2.75, 3.05) is 17.2 Å². The monoisotopic (exact) mass is 564 g/mol. The molecule has 2 aliphatic carbocycles. The molecule has 226 valence electrons. The highest BCUT2D eigenvalue weighted by Crippen LogP contribution is 2.45. The Hall–Kier alpha value is -2.28. The molecule has 2 saturated carbocycles. The number of para-hydroxylation sites is 2. The maximum Gasteiger partial charge on any atom is 0.410 e. The number of carbonyl (C=O) groups excluding carboxylic acids is 2. The van der Waals surface area contributed by atoms with Crippen molar-refractivity contribution in [3.05, 3.63) is 24.3 Å². The molecule has 7 heteroatoms. The third kappa shape index (κ3) is 6.71. The van der Waals surface area contributed by atoms with Crippen molar-refractivity contribution in [1.82, 2.24) is 9.80 Å². The summed E-state index contributed by atoms with van der Waals surface area (Å²) in [6.07, 6.45) is 17.6. The van der Waals surface area contributed by atoms with Gasteiger partial charge in [-0.15, -0.1) is 0 Å². The van der Waals surface area contributed by atoms with E-state index in [1.807, 2.05) is 39.0 Å². The van der Waals surface area contributed by atoms with Gasteiger partial charge in [0.15, 0.2) is 0 Å². The predicted molar refractivity (Wildman–Crippen MR) is 164 cm³/mol. The number of carbonyl (C=O) groups is 2. The lowest BCUT2D eigenvalue weighted by Gasteiger charge is -2.54. The van der Waals surface area contributed by atoms with Gasteiger partial charge < -0.3 is 15.4 Å². The number of hydrogen-bond acceptors (Lipinski definition) is 5. The van der Waals surface area contributed by atoms with E-state index in [1.54, 1.807) is 4.90 Å². The Labute approximate surface area is 247 Å². The molecule has 1 aromatic carbocycles. The first-order valence-electron chi connectivity index (χ1n) is 16.7. The number of ether oxygens (including phenoxy) is 1. The first-order valence-corrected chi connectivity index (χ1v) is 16.7. The Morgan fingerprint density at radius 3 is 2.10 bits per heavy atom. The largest absolute Gasteiger partial charge is 0.444 e. The maximum atomic E-state index is 13.4. The Bertz CT molecular complexity index is 1060. The lowest BCUT2D eigenvalue weighted by Crippen LogP contribution is -2.59. The summed E-state index contributed by atoms with van der Waals surface area (Å²) in [6.45, 7) is 6.13. The second kappa shape index (κ2) is 12.1. The Morgan fingerprint density at radius 2 is 1.44 bits per heavy atom. The summed E-state index contributed by atoms with van der Waals surface area (Å²) in [6, 6.07) is 10.1. The van der Waals surface area contributed by atoms with Gasteiger partial charge >= 0.3 is 6.09 Å². The molecule has 2 N–H and O–H groups in total. The number of fused-ring (bicyclic) bond motifs is 4. The van der Waals surface area contributed by atoms with Crippen molar-refractivity contribution in [3.63, 3.8) is 0 Å². The Kier molecular flexibility index (Phi) is 8.54. The summed E-state index contributed by atoms with van der Waals surface area (Å²) in [7, 11) is 0. The fraction of sp³-hybridized carbons (Fsp3) is 0.765. The molecule has 0 aromatic heterocycles. The Morgan fingerprint density at radius 1 is 0.780 bits per heavy atom. The number of nitrogens with zero attached hydrogens (tertiary/aromatic N) is 2. The van der Waals surface area contributed by atoms with Crippen LogP contribution in [0.4, 0.5) is 16.2 Å². The summed E-state index contributed by atoms with van der Waals surface area (Å²) in [5, 5.41) is 7.03. The maximum absolute atomic E-state index is 13.4. The molecular weight excluding hydrogens is 512 g/mol. The summed E-state index contributed by atoms with van der Waals surface area (Å²) in [4.78, 5) is 30.8. The van der Waals surface area contributed by atoms with E-state index in [1.165, 1.54) is 77.0 Å². The number of rotatable bonds is 5. The van der Waals surface area contributed by atoms with E-state index in [0.717, 1.165) is 35.7 Å². The highest BCUT2D eigenvalue weighted by atomic mass is 16.6. The van der Waals surface area contributed by atoms with Crippen LogP contribution in [0.3, 0.4) is 0 Å². The molecule has 0 radical (unpaired) electrons. The number of amides is 2. The van der Waals surface area contributed by atoms with Gasteiger partial charge in [0.2, 0.25) is 5.91 Å². The van der Waals surface area contributed by atoms with Crippen LogP contribution >= 0.6 is 0 Å². The number of benzene rings is 1. The highest BCUT2D eigenvalue weighted by Gasteiger charge is 2.44. The van der Waals surface area contributed by atoms with Crippen LogP contribution in [-0.4, -0.2) is 64.2 Å². The van der Waals surface area contributed by atoms with Gasteiger partial charge in [-0.3, -0.25) is 14.6 Å². The molecule has 3 heterocycles. The molecule has 7 atom stereocenters. The van der Waals surface area contributed by atoms with Crippen molar-refractivity contribution < 1.29 is 14.3 Å². The predicted octanol–water partition coefficient (Wildman–Crippen LogP) is 7.18. The van der Waals surface area contributed by atoms with Crippen LogP contribution in [0.5, 0.6) is 0 Å². The van der Waals surface area contributed by atoms with E-state index in [2.05, 4.69) is 21.6 Å². The molecule has 4 bridgehead atoms. The molecule has 7 nitrogen and oxygen atoms in total. The molecular formula is C34H52N4O3. The van der Waals surface area contributed by atoms with Gasteiger partial charge in [0.25, 0.3) is 0 Å². The average molecular weight is 565 g/mol. The quantitative estimate of drug-likeness (QED) is 0.396. The van der Waals surface area contributed by atoms with E-state index in [0.29, 0.717) is 31.1 Å². The molecule has 3 aliphatic heterocycles. The summed E-state index contributed by atoms with van der Waals surface area (Å²) in [5.41, 5.74) is 1.21. The van der Waals surface area contributed by atoms with E-state index in [-0.39, 0.29) is 5.91 Å². The number of likely N-dealkylation sites (tertiary alicyclic amines) is 1. The van der Waals surface area contributed by atoms with Gasteiger partial charge in [-0.2, -0.15) is 0 Å². The lowest BCUT2D eigenvalue weighted by molar-refractivity contribution is -0.120. The molecule has 3 saturated heterocycles. The van der Waals surface area contributed by atoms with E-state index in [4.69, 9.17) is 4.74 Å². The lowest BCUT2D eigenvalue weighted by atomic mass is 9.73. The van der Waals surface area contributed by atoms with Crippen molar-refractivity contribution in [2.45, 2.75) is 146 Å². The summed E-state index contributed by atoms with van der Waals surface area (Å²) >= 11 is 0. The van der Waals surface area contributed by atoms with Gasteiger partial charge in [0, 0.05) is 30.7 Å². The van der Waals surface area contributed by atoms with Crippen molar-refractivity contribution >= 4 is 23.4 Å². The fourth-order valence-corrected chi connectivity index (χ4v) is 8.97. The highest BCUT2D eigenvalue weighted by molar-refractivity contribution is 5.99. The van der Waals surface area contributed by atoms with Gasteiger partial charge in [0.1, 0.15) is 11.6 Å². The van der Waals surface area contributed by atoms with Crippen LogP contribution in [0.1, 0.15) is 111 Å². The molecule has 1 aromatic rings. The van der Waals surface area contributed by atoms with Crippen LogP contribution in [0.2, 0.25) is 0 Å². The fourth-order valence-electron chi connectivity index (χ4n) is 8.97. The van der Waals surface area contributed by atoms with Gasteiger partial charge in [-0.25, -0.2) is 4.79 Å². The third-order valence-electron chi connectivity index (χ3n) is 10.5. The summed E-state index contributed by atoms with van der Waals surface area (Å²) in [5.74, 6) is 1.78. The van der Waals surface area contributed by atoms with Crippen molar-refractivity contribution in [2.24, 2.45) is 11.8 Å². The van der Waals surface area contributed by atoms with Crippen LogP contribution < -0.4 is 10.6 Å². The zero-order chi connectivity index (χ0) is 28.6. The average Bonchev–Trinajstić information content (AvgIpc) is 3.35. The minimum atomic E-state index is -0.583. The van der Waals surface area contributed by atoms with Crippen LogP contribution in [0, 0.1) is 11.8 Å². The standard InChI is InChI=1S/C34H52N4O3/c1-34(2,3)41-33(40)37-17-9-16-31(37)32(39)36-30-15-7-6-14-29(30)35-25-21-26-12-8-13-27(22-25)38(26)28-19-23-10-4-5-11-24(18-23)20-28/h6-7,14-15,23-28,31,35H,4-5,8-13,16-22H2,1-3H3,(H,36,39)/t23-,24+,25-,26+,27-,28-,31-/m0/s1. The van der Waals surface area contributed by atoms with Crippen LogP contribution in [0.15, 0.2) is 24.3 Å². The number of anilines is 2. The Balaban J connectivity index is 1.10. The number of hydrogen-bond donors (Lipinski definition) is 2. The van der Waals surface area contributed by atoms with E-state index >= 15 is 0 Å². The van der Waals surface area contributed by atoms with Crippen molar-refractivity contribution in [3.8, 4) is 0 Å². The molecule has 5 aliphatic rings. The minimum absolute atomic E-state index is 0.131. The molecule has 5 fully saturated rings. The molecule has 6 rings (SSSR count). The topological polar surface area (TPSA) is 73.9 Å². The third-order valence-corrected chi connectivity index (χ3v) is 10.5. The zero-order valence-corrected chi connectivity index (χ0v) is 25.6. The molecule has 41 heavy (non-hydrogen) atoms. The minimum Gasteiger partial charge on any atom is -0.444 e. The van der Waals surface area contributed by atoms with Crippen molar-refractivity contribution in [1.29, 1.82) is 0 Å². The van der Waals surface area contributed by atoms with E-state index < -0.39 is 17.7 Å². The second-order valence-electron chi connectivity index (χ2n) is 14.7. The first kappa shape index (κ1) is 28.8. The normalized spacial score (nSPS) is 34.0. The van der Waals surface area contributed by atoms with Crippen LogP contribution in [0.25, 0.3) is 0 Å². The summed E-state index contributed by atoms with van der Waals surface area (Å²) < 4.78 is 5.58. The molecule has 0 unspecified atom stereocenters.